The first-order valence-electron chi connectivity index (χ1n) is 8.60. The lowest BCUT2D eigenvalue weighted by Crippen LogP contribution is -2.53. The summed E-state index contributed by atoms with van der Waals surface area (Å²) in [5.74, 6) is -0.335. The lowest BCUT2D eigenvalue weighted by atomic mass is 9.91. The van der Waals surface area contributed by atoms with E-state index in [9.17, 15) is 14.3 Å². The van der Waals surface area contributed by atoms with Crippen molar-refractivity contribution in [3.8, 4) is 0 Å². The number of hydrogen-bond acceptors (Lipinski definition) is 3. The molecular formula is C20H23FN2O2. The molecule has 132 valence electrons. The number of rotatable bonds is 5. The molecule has 0 saturated carbocycles. The third-order valence-corrected chi connectivity index (χ3v) is 4.78. The molecular weight excluding hydrogens is 319 g/mol. The average molecular weight is 342 g/mol. The first-order chi connectivity index (χ1) is 12.2. The van der Waals surface area contributed by atoms with Gasteiger partial charge in [-0.25, -0.2) is 4.39 Å². The van der Waals surface area contributed by atoms with Gasteiger partial charge in [-0.2, -0.15) is 0 Å². The minimum absolute atomic E-state index is 0.0181. The molecule has 3 rings (SSSR count). The summed E-state index contributed by atoms with van der Waals surface area (Å²) in [6, 6.07) is 15.6. The Morgan fingerprint density at radius 2 is 1.88 bits per heavy atom. The van der Waals surface area contributed by atoms with Crippen LogP contribution in [0.3, 0.4) is 0 Å². The van der Waals surface area contributed by atoms with Gasteiger partial charge in [-0.1, -0.05) is 36.4 Å². The first-order valence-corrected chi connectivity index (χ1v) is 8.60. The average Bonchev–Trinajstić information content (AvgIpc) is 2.64. The van der Waals surface area contributed by atoms with Gasteiger partial charge >= 0.3 is 0 Å². The summed E-state index contributed by atoms with van der Waals surface area (Å²) in [5, 5.41) is 12.7. The summed E-state index contributed by atoms with van der Waals surface area (Å²) in [6.07, 6.45) is 0.769. The van der Waals surface area contributed by atoms with Gasteiger partial charge in [-0.15, -0.1) is 0 Å². The van der Waals surface area contributed by atoms with E-state index in [1.54, 1.807) is 24.3 Å². The van der Waals surface area contributed by atoms with Crippen molar-refractivity contribution in [1.29, 1.82) is 0 Å². The number of aliphatic hydroxyl groups is 1. The minimum atomic E-state index is -0.211. The van der Waals surface area contributed by atoms with Crippen LogP contribution >= 0.6 is 0 Å². The molecule has 0 aliphatic carbocycles. The second kappa shape index (κ2) is 8.23. The molecule has 1 saturated heterocycles. The van der Waals surface area contributed by atoms with Crippen molar-refractivity contribution in [2.45, 2.75) is 19.0 Å². The number of piperidine rings is 1. The fourth-order valence-electron chi connectivity index (χ4n) is 3.30. The molecule has 0 spiro atoms. The van der Waals surface area contributed by atoms with Gasteiger partial charge in [-0.3, -0.25) is 9.69 Å². The van der Waals surface area contributed by atoms with E-state index in [1.165, 1.54) is 6.07 Å². The van der Waals surface area contributed by atoms with Gasteiger partial charge < -0.3 is 10.4 Å². The summed E-state index contributed by atoms with van der Waals surface area (Å²) < 4.78 is 13.9. The summed E-state index contributed by atoms with van der Waals surface area (Å²) in [6.45, 7) is 1.91. The highest BCUT2D eigenvalue weighted by Gasteiger charge is 2.30. The molecule has 2 aromatic carbocycles. The van der Waals surface area contributed by atoms with Crippen LogP contribution in [0, 0.1) is 11.7 Å². The lowest BCUT2D eigenvalue weighted by molar-refractivity contribution is 0.0727. The Bertz CT molecular complexity index is 708. The van der Waals surface area contributed by atoms with Crippen LogP contribution < -0.4 is 5.32 Å². The molecule has 1 heterocycles. The largest absolute Gasteiger partial charge is 0.396 e. The van der Waals surface area contributed by atoms with Crippen LogP contribution in [0.5, 0.6) is 0 Å². The second-order valence-corrected chi connectivity index (χ2v) is 6.50. The fourth-order valence-corrected chi connectivity index (χ4v) is 3.30. The quantitative estimate of drug-likeness (QED) is 0.878. The molecule has 1 aliphatic heterocycles. The van der Waals surface area contributed by atoms with Crippen LogP contribution in [0.1, 0.15) is 22.3 Å². The van der Waals surface area contributed by atoms with Gasteiger partial charge in [0.05, 0.1) is 0 Å². The molecule has 0 radical (unpaired) electrons. The lowest BCUT2D eigenvalue weighted by Gasteiger charge is -2.38. The topological polar surface area (TPSA) is 52.6 Å². The van der Waals surface area contributed by atoms with Crippen molar-refractivity contribution < 1.29 is 14.3 Å². The van der Waals surface area contributed by atoms with E-state index in [4.69, 9.17) is 0 Å². The number of benzene rings is 2. The molecule has 2 atom stereocenters. The van der Waals surface area contributed by atoms with Crippen LogP contribution in [-0.2, 0) is 6.54 Å². The highest BCUT2D eigenvalue weighted by atomic mass is 19.1. The van der Waals surface area contributed by atoms with Crippen LogP contribution in [-0.4, -0.2) is 41.7 Å². The molecule has 25 heavy (non-hydrogen) atoms. The monoisotopic (exact) mass is 342 g/mol. The smallest absolute Gasteiger partial charge is 0.251 e. The number of aliphatic hydroxyl groups excluding tert-OH is 1. The number of halogens is 1. The van der Waals surface area contributed by atoms with Gasteiger partial charge in [0.15, 0.2) is 0 Å². The predicted octanol–water partition coefficient (Wildman–Crippen LogP) is 2.44. The maximum atomic E-state index is 13.9. The molecule has 2 aromatic rings. The number of hydrogen-bond donors (Lipinski definition) is 2. The number of nitrogens with one attached hydrogen (secondary N) is 1. The molecule has 4 nitrogen and oxygen atoms in total. The van der Waals surface area contributed by atoms with Crippen molar-refractivity contribution in [3.63, 3.8) is 0 Å². The fraction of sp³-hybridized carbons (Fsp3) is 0.350. The molecule has 0 bridgehead atoms. The van der Waals surface area contributed by atoms with Gasteiger partial charge in [-0.05, 0) is 31.2 Å². The van der Waals surface area contributed by atoms with Crippen molar-refractivity contribution in [1.82, 2.24) is 10.2 Å². The molecule has 1 fully saturated rings. The second-order valence-electron chi connectivity index (χ2n) is 6.50. The summed E-state index contributed by atoms with van der Waals surface area (Å²) in [5.41, 5.74) is 1.25. The van der Waals surface area contributed by atoms with E-state index >= 15 is 0 Å². The van der Waals surface area contributed by atoms with Crippen molar-refractivity contribution in [2.75, 3.05) is 19.7 Å². The molecule has 0 unspecified atom stereocenters. The summed E-state index contributed by atoms with van der Waals surface area (Å²) in [7, 11) is 0. The third kappa shape index (κ3) is 4.44. The molecule has 2 N–H and O–H groups in total. The Morgan fingerprint density at radius 1 is 1.16 bits per heavy atom. The van der Waals surface area contributed by atoms with Crippen LogP contribution in [0.15, 0.2) is 54.6 Å². The van der Waals surface area contributed by atoms with Crippen LogP contribution in [0.2, 0.25) is 0 Å². The standard InChI is InChI=1S/C20H23FN2O2/c21-18-9-5-4-8-16(18)12-23-11-10-17(14-24)19(13-23)22-20(25)15-6-2-1-3-7-15/h1-9,17,19,24H,10-14H2,(H,22,25)/t17-,19-/m1/s1. The van der Waals surface area contributed by atoms with Gasteiger partial charge in [0, 0.05) is 42.8 Å². The van der Waals surface area contributed by atoms with Gasteiger partial charge in [0.2, 0.25) is 0 Å². The van der Waals surface area contributed by atoms with Crippen LogP contribution in [0.4, 0.5) is 4.39 Å². The SMILES string of the molecule is O=C(N[C@@H]1CN(Cc2ccccc2F)CC[C@@H]1CO)c1ccccc1. The zero-order chi connectivity index (χ0) is 17.6. The molecule has 0 aromatic heterocycles. The van der Waals surface area contributed by atoms with E-state index in [-0.39, 0.29) is 30.3 Å². The van der Waals surface area contributed by atoms with E-state index in [2.05, 4.69) is 10.2 Å². The van der Waals surface area contributed by atoms with E-state index in [0.29, 0.717) is 24.2 Å². The number of carbonyl (C=O) groups is 1. The maximum Gasteiger partial charge on any atom is 0.251 e. The van der Waals surface area contributed by atoms with Gasteiger partial charge in [0.25, 0.3) is 5.91 Å². The number of carbonyl (C=O) groups excluding carboxylic acids is 1. The van der Waals surface area contributed by atoms with Crippen LogP contribution in [0.25, 0.3) is 0 Å². The number of likely N-dealkylation sites (tertiary alicyclic amines) is 1. The van der Waals surface area contributed by atoms with Crippen molar-refractivity contribution >= 4 is 5.91 Å². The molecule has 1 amide bonds. The Balaban J connectivity index is 1.66. The third-order valence-electron chi connectivity index (χ3n) is 4.78. The highest BCUT2D eigenvalue weighted by Crippen LogP contribution is 2.20. The Labute approximate surface area is 147 Å². The number of nitrogens with zero attached hydrogens (tertiary/aromatic N) is 1. The normalized spacial score (nSPS) is 21.0. The summed E-state index contributed by atoms with van der Waals surface area (Å²) >= 11 is 0. The molecule has 5 heteroatoms. The molecule has 1 aliphatic rings. The van der Waals surface area contributed by atoms with Crippen molar-refractivity contribution in [3.05, 3.63) is 71.5 Å². The minimum Gasteiger partial charge on any atom is -0.396 e. The zero-order valence-electron chi connectivity index (χ0n) is 14.1. The van der Waals surface area contributed by atoms with Crippen molar-refractivity contribution in [2.24, 2.45) is 5.92 Å². The predicted molar refractivity (Wildman–Crippen MR) is 94.6 cm³/mol. The maximum absolute atomic E-state index is 13.9. The Morgan fingerprint density at radius 3 is 2.60 bits per heavy atom. The van der Waals surface area contributed by atoms with E-state index in [1.807, 2.05) is 24.3 Å². The van der Waals surface area contributed by atoms with E-state index < -0.39 is 0 Å². The number of amides is 1. The Hall–Kier alpha value is -2.24. The van der Waals surface area contributed by atoms with Gasteiger partial charge in [0.1, 0.15) is 5.82 Å². The highest BCUT2D eigenvalue weighted by molar-refractivity contribution is 5.94. The van der Waals surface area contributed by atoms with E-state index in [0.717, 1.165) is 13.0 Å². The zero-order valence-corrected chi connectivity index (χ0v) is 14.1. The first kappa shape index (κ1) is 17.6. The Kier molecular flexibility index (Phi) is 5.79. The summed E-state index contributed by atoms with van der Waals surface area (Å²) in [4.78, 5) is 14.5.